The van der Waals surface area contributed by atoms with Gasteiger partial charge in [0.05, 0.1) is 15.5 Å². The van der Waals surface area contributed by atoms with Crippen LogP contribution in [-0.2, 0) is 10.0 Å². The number of amides is 1. The third-order valence-electron chi connectivity index (χ3n) is 2.79. The largest absolute Gasteiger partial charge is 0.268 e. The Morgan fingerprint density at radius 1 is 1.05 bits per heavy atom. The van der Waals surface area contributed by atoms with Crippen LogP contribution in [0.5, 0.6) is 0 Å². The maximum absolute atomic E-state index is 12.1. The smallest absolute Gasteiger partial charge is 0.266 e. The molecule has 0 fully saturated rings. The molecule has 0 unspecified atom stereocenters. The molecule has 1 amide bonds. The number of sulfonamides is 1. The van der Waals surface area contributed by atoms with Gasteiger partial charge in [-0.05, 0) is 42.8 Å². The molecular weight excluding hydrogens is 333 g/mol. The van der Waals surface area contributed by atoms with Gasteiger partial charge in [0.15, 0.2) is 0 Å². The lowest BCUT2D eigenvalue weighted by Gasteiger charge is -2.09. The van der Waals surface area contributed by atoms with Crippen LogP contribution in [0.3, 0.4) is 0 Å². The second-order valence-electron chi connectivity index (χ2n) is 4.32. The lowest BCUT2D eigenvalue weighted by molar-refractivity contribution is 0.0981. The molecule has 0 saturated carbocycles. The average Bonchev–Trinajstić information content (AvgIpc) is 2.41. The monoisotopic (exact) mass is 343 g/mol. The van der Waals surface area contributed by atoms with Gasteiger partial charge in [-0.2, -0.15) is 0 Å². The van der Waals surface area contributed by atoms with Gasteiger partial charge in [0, 0.05) is 5.02 Å². The molecule has 1 N–H and O–H groups in total. The lowest BCUT2D eigenvalue weighted by atomic mass is 10.1. The molecule has 2 aromatic carbocycles. The van der Waals surface area contributed by atoms with Crippen molar-refractivity contribution >= 4 is 39.1 Å². The molecule has 0 aromatic heterocycles. The van der Waals surface area contributed by atoms with E-state index in [0.29, 0.717) is 10.6 Å². The van der Waals surface area contributed by atoms with Crippen molar-refractivity contribution < 1.29 is 13.2 Å². The zero-order chi connectivity index (χ0) is 15.6. The summed E-state index contributed by atoms with van der Waals surface area (Å²) in [4.78, 5) is 12.0. The molecule has 21 heavy (non-hydrogen) atoms. The summed E-state index contributed by atoms with van der Waals surface area (Å²) >= 11 is 11.7. The molecule has 0 atom stereocenters. The number of hydrogen-bond acceptors (Lipinski definition) is 3. The van der Waals surface area contributed by atoms with E-state index in [4.69, 9.17) is 23.2 Å². The molecule has 7 heteroatoms. The van der Waals surface area contributed by atoms with Crippen molar-refractivity contribution in [1.82, 2.24) is 4.72 Å². The summed E-state index contributed by atoms with van der Waals surface area (Å²) in [5, 5.41) is 0.628. The minimum atomic E-state index is -3.97. The third kappa shape index (κ3) is 3.56. The first-order valence-electron chi connectivity index (χ1n) is 5.89. The van der Waals surface area contributed by atoms with Crippen LogP contribution in [0.25, 0.3) is 0 Å². The number of aryl methyl sites for hydroxylation is 1. The number of carbonyl (C=O) groups is 1. The summed E-state index contributed by atoms with van der Waals surface area (Å²) in [6.45, 7) is 1.73. The first kappa shape index (κ1) is 15.8. The van der Waals surface area contributed by atoms with Gasteiger partial charge < -0.3 is 0 Å². The first-order valence-corrected chi connectivity index (χ1v) is 8.13. The van der Waals surface area contributed by atoms with Gasteiger partial charge in [-0.25, -0.2) is 13.1 Å². The summed E-state index contributed by atoms with van der Waals surface area (Å²) < 4.78 is 26.2. The molecule has 0 radical (unpaired) electrons. The summed E-state index contributed by atoms with van der Waals surface area (Å²) in [5.74, 6) is -0.779. The van der Waals surface area contributed by atoms with E-state index >= 15 is 0 Å². The van der Waals surface area contributed by atoms with Crippen molar-refractivity contribution in [2.24, 2.45) is 0 Å². The van der Waals surface area contributed by atoms with Crippen molar-refractivity contribution in [1.29, 1.82) is 0 Å². The van der Waals surface area contributed by atoms with E-state index in [2.05, 4.69) is 0 Å². The van der Waals surface area contributed by atoms with E-state index in [0.717, 1.165) is 0 Å². The number of halogens is 2. The standard InChI is InChI=1S/C14H11Cl2NO3S/c1-9-3-2-4-12(13(9)16)14(18)17-21(19,20)11-7-5-10(15)6-8-11/h2-8H,1H3,(H,17,18). The molecule has 110 valence electrons. The van der Waals surface area contributed by atoms with Gasteiger partial charge in [-0.15, -0.1) is 0 Å². The minimum absolute atomic E-state index is 0.0518. The summed E-state index contributed by atoms with van der Waals surface area (Å²) in [6, 6.07) is 10.3. The van der Waals surface area contributed by atoms with E-state index in [1.807, 2.05) is 4.72 Å². The van der Waals surface area contributed by atoms with Crippen LogP contribution >= 0.6 is 23.2 Å². The summed E-state index contributed by atoms with van der Waals surface area (Å²) in [6.07, 6.45) is 0. The highest BCUT2D eigenvalue weighted by Gasteiger charge is 2.20. The zero-order valence-corrected chi connectivity index (χ0v) is 13.3. The highest BCUT2D eigenvalue weighted by atomic mass is 35.5. The van der Waals surface area contributed by atoms with Gasteiger partial charge in [0.2, 0.25) is 0 Å². The Balaban J connectivity index is 2.30. The minimum Gasteiger partial charge on any atom is -0.268 e. The number of rotatable bonds is 3. The van der Waals surface area contributed by atoms with Crippen LogP contribution in [0.2, 0.25) is 10.0 Å². The average molecular weight is 344 g/mol. The molecule has 4 nitrogen and oxygen atoms in total. The molecule has 0 bridgehead atoms. The number of nitrogens with one attached hydrogen (secondary N) is 1. The van der Waals surface area contributed by atoms with Crippen LogP contribution in [0.15, 0.2) is 47.4 Å². The fourth-order valence-corrected chi connectivity index (χ4v) is 2.98. The third-order valence-corrected chi connectivity index (χ3v) is 4.89. The maximum Gasteiger partial charge on any atom is 0.266 e. The molecule has 0 aliphatic rings. The molecule has 0 saturated heterocycles. The fraction of sp³-hybridized carbons (Fsp3) is 0.0714. The van der Waals surface area contributed by atoms with Crippen molar-refractivity contribution in [3.63, 3.8) is 0 Å². The summed E-state index contributed by atoms with van der Waals surface area (Å²) in [5.41, 5.74) is 0.794. The highest BCUT2D eigenvalue weighted by Crippen LogP contribution is 2.21. The molecule has 2 rings (SSSR count). The fourth-order valence-electron chi connectivity index (χ4n) is 1.67. The van der Waals surface area contributed by atoms with Gasteiger partial charge in [-0.1, -0.05) is 35.3 Å². The van der Waals surface area contributed by atoms with Crippen molar-refractivity contribution in [2.75, 3.05) is 0 Å². The van der Waals surface area contributed by atoms with E-state index in [1.54, 1.807) is 19.1 Å². The van der Waals surface area contributed by atoms with Gasteiger partial charge in [-0.3, -0.25) is 4.79 Å². The van der Waals surface area contributed by atoms with Crippen LogP contribution in [0.1, 0.15) is 15.9 Å². The Kier molecular flexibility index (Phi) is 4.56. The maximum atomic E-state index is 12.1. The summed E-state index contributed by atoms with van der Waals surface area (Å²) in [7, 11) is -3.97. The van der Waals surface area contributed by atoms with Crippen LogP contribution in [0, 0.1) is 6.92 Å². The van der Waals surface area contributed by atoms with E-state index in [9.17, 15) is 13.2 Å². The van der Waals surface area contributed by atoms with Crippen LogP contribution in [0.4, 0.5) is 0 Å². The topological polar surface area (TPSA) is 63.2 Å². The molecule has 0 aliphatic carbocycles. The first-order chi connectivity index (χ1) is 9.81. The Morgan fingerprint density at radius 3 is 2.29 bits per heavy atom. The van der Waals surface area contributed by atoms with Gasteiger partial charge >= 0.3 is 0 Å². The van der Waals surface area contributed by atoms with E-state index in [1.165, 1.54) is 30.3 Å². The predicted molar refractivity (Wildman–Crippen MR) is 82.3 cm³/mol. The van der Waals surface area contributed by atoms with Gasteiger partial charge in [0.25, 0.3) is 15.9 Å². The second kappa shape index (κ2) is 6.05. The zero-order valence-electron chi connectivity index (χ0n) is 10.9. The Bertz CT molecular complexity index is 786. The van der Waals surface area contributed by atoms with Crippen molar-refractivity contribution in [3.8, 4) is 0 Å². The SMILES string of the molecule is Cc1cccc(C(=O)NS(=O)(=O)c2ccc(Cl)cc2)c1Cl. The van der Waals surface area contributed by atoms with E-state index in [-0.39, 0.29) is 15.5 Å². The molecule has 0 aliphatic heterocycles. The lowest BCUT2D eigenvalue weighted by Crippen LogP contribution is -2.30. The number of hydrogen-bond donors (Lipinski definition) is 1. The second-order valence-corrected chi connectivity index (χ2v) is 6.82. The number of benzene rings is 2. The highest BCUT2D eigenvalue weighted by molar-refractivity contribution is 7.90. The van der Waals surface area contributed by atoms with E-state index < -0.39 is 15.9 Å². The Labute approximate surface area is 132 Å². The molecule has 0 heterocycles. The van der Waals surface area contributed by atoms with Gasteiger partial charge in [0.1, 0.15) is 0 Å². The molecule has 0 spiro atoms. The Hall–Kier alpha value is -1.56. The Morgan fingerprint density at radius 2 is 1.67 bits per heavy atom. The molecule has 2 aromatic rings. The van der Waals surface area contributed by atoms with Crippen LogP contribution in [-0.4, -0.2) is 14.3 Å². The number of carbonyl (C=O) groups excluding carboxylic acids is 1. The molecular formula is C14H11Cl2NO3S. The van der Waals surface area contributed by atoms with Crippen LogP contribution < -0.4 is 4.72 Å². The quantitative estimate of drug-likeness (QED) is 0.928. The van der Waals surface area contributed by atoms with Crippen molar-refractivity contribution in [2.45, 2.75) is 11.8 Å². The normalized spacial score (nSPS) is 11.2. The predicted octanol–water partition coefficient (Wildman–Crippen LogP) is 3.42. The van der Waals surface area contributed by atoms with Crippen molar-refractivity contribution in [3.05, 3.63) is 63.6 Å².